The Balaban J connectivity index is 1.78. The first-order valence-electron chi connectivity index (χ1n) is 11.1. The van der Waals surface area contributed by atoms with E-state index in [1.54, 1.807) is 55.7 Å². The summed E-state index contributed by atoms with van der Waals surface area (Å²) in [5.74, 6) is -1.16. The second kappa shape index (κ2) is 8.06. The van der Waals surface area contributed by atoms with Crippen LogP contribution in [0.5, 0.6) is 0 Å². The lowest BCUT2D eigenvalue weighted by Gasteiger charge is -2.40. The first kappa shape index (κ1) is 21.8. The molecular formula is C26H24N2O6. The van der Waals surface area contributed by atoms with Crippen LogP contribution in [0.4, 0.5) is 5.69 Å². The van der Waals surface area contributed by atoms with Crippen molar-refractivity contribution in [2.75, 3.05) is 18.1 Å². The van der Waals surface area contributed by atoms with Crippen molar-refractivity contribution in [1.29, 1.82) is 0 Å². The Morgan fingerprint density at radius 2 is 2.06 bits per heavy atom. The van der Waals surface area contributed by atoms with Gasteiger partial charge in [-0.05, 0) is 25.1 Å². The predicted octanol–water partition coefficient (Wildman–Crippen LogP) is 3.21. The first-order valence-corrected chi connectivity index (χ1v) is 11.1. The quantitative estimate of drug-likeness (QED) is 0.539. The van der Waals surface area contributed by atoms with E-state index >= 15 is 0 Å². The number of benzene rings is 1. The topological polar surface area (TPSA) is 112 Å². The largest absolute Gasteiger partial charge is 0.469 e. The Morgan fingerprint density at radius 3 is 2.76 bits per heavy atom. The molecule has 0 saturated heterocycles. The third-order valence-electron chi connectivity index (χ3n) is 6.55. The molecular weight excluding hydrogens is 436 g/mol. The van der Waals surface area contributed by atoms with E-state index in [-0.39, 0.29) is 54.1 Å². The number of furan rings is 1. The molecule has 2 aliphatic heterocycles. The van der Waals surface area contributed by atoms with Crippen molar-refractivity contribution >= 4 is 23.3 Å². The summed E-state index contributed by atoms with van der Waals surface area (Å²) >= 11 is 0. The molecule has 34 heavy (non-hydrogen) atoms. The lowest BCUT2D eigenvalue weighted by molar-refractivity contribution is -0.141. The van der Waals surface area contributed by atoms with Crippen LogP contribution in [-0.2, 0) is 29.3 Å². The second-order valence-corrected chi connectivity index (χ2v) is 8.38. The molecule has 3 aliphatic rings. The second-order valence-electron chi connectivity index (χ2n) is 8.38. The number of ether oxygens (including phenoxy) is 2. The molecule has 2 aromatic rings. The van der Waals surface area contributed by atoms with Gasteiger partial charge in [-0.1, -0.05) is 24.3 Å². The van der Waals surface area contributed by atoms with E-state index in [1.807, 2.05) is 0 Å². The monoisotopic (exact) mass is 460 g/mol. The molecule has 0 unspecified atom stereocenters. The molecule has 1 aromatic carbocycles. The number of nitrogens with zero attached hydrogens (tertiary/aromatic N) is 1. The Hall–Kier alpha value is -4.07. The number of carbonyl (C=O) groups excluding carboxylic acids is 3. The summed E-state index contributed by atoms with van der Waals surface area (Å²) in [6.07, 6.45) is 3.54. The van der Waals surface area contributed by atoms with E-state index in [4.69, 9.17) is 19.6 Å². The Bertz CT molecular complexity index is 1270. The normalized spacial score (nSPS) is 23.7. The van der Waals surface area contributed by atoms with Gasteiger partial charge in [0.1, 0.15) is 22.5 Å². The Kier molecular flexibility index (Phi) is 5.16. The van der Waals surface area contributed by atoms with Gasteiger partial charge in [0.15, 0.2) is 5.78 Å². The zero-order chi connectivity index (χ0) is 24.0. The number of hydrogen-bond acceptors (Lipinski definition) is 7. The third kappa shape index (κ3) is 2.88. The molecule has 0 fully saturated rings. The first-order chi connectivity index (χ1) is 16.4. The molecule has 0 bridgehead atoms. The lowest BCUT2D eigenvalue weighted by atomic mass is 9.63. The van der Waals surface area contributed by atoms with Gasteiger partial charge in [0.05, 0.1) is 18.4 Å². The number of Topliss-reactive ketones (excluding diaryl/α,β-unsaturated/α-hetero) is 1. The Morgan fingerprint density at radius 1 is 1.26 bits per heavy atom. The highest BCUT2D eigenvalue weighted by Gasteiger charge is 2.64. The predicted molar refractivity (Wildman–Crippen MR) is 122 cm³/mol. The molecule has 5 rings (SSSR count). The minimum Gasteiger partial charge on any atom is -0.469 e. The van der Waals surface area contributed by atoms with Gasteiger partial charge >= 0.3 is 5.97 Å². The van der Waals surface area contributed by atoms with E-state index in [9.17, 15) is 14.4 Å². The highest BCUT2D eigenvalue weighted by Crippen LogP contribution is 2.57. The van der Waals surface area contributed by atoms with Crippen LogP contribution in [-0.4, -0.2) is 30.8 Å². The van der Waals surface area contributed by atoms with Gasteiger partial charge in [-0.2, -0.15) is 0 Å². The summed E-state index contributed by atoms with van der Waals surface area (Å²) in [6.45, 7) is 5.68. The van der Waals surface area contributed by atoms with E-state index < -0.39 is 17.3 Å². The number of anilines is 1. The molecule has 2 N–H and O–H groups in total. The van der Waals surface area contributed by atoms with Crippen LogP contribution < -0.4 is 10.6 Å². The van der Waals surface area contributed by atoms with Crippen molar-refractivity contribution in [3.8, 4) is 0 Å². The number of rotatable bonds is 5. The molecule has 1 amide bonds. The molecule has 1 spiro atoms. The van der Waals surface area contributed by atoms with Crippen molar-refractivity contribution in [3.63, 3.8) is 0 Å². The van der Waals surface area contributed by atoms with Crippen molar-refractivity contribution in [3.05, 3.63) is 89.4 Å². The van der Waals surface area contributed by atoms with Crippen LogP contribution in [0.1, 0.15) is 37.0 Å². The number of allylic oxidation sites excluding steroid dienone is 1. The molecule has 8 heteroatoms. The fraction of sp³-hybridized carbons (Fsp3) is 0.269. The summed E-state index contributed by atoms with van der Waals surface area (Å²) in [4.78, 5) is 42.7. The number of esters is 1. The zero-order valence-corrected chi connectivity index (χ0v) is 18.7. The molecule has 2 atom stereocenters. The van der Waals surface area contributed by atoms with E-state index in [0.717, 1.165) is 0 Å². The van der Waals surface area contributed by atoms with Gasteiger partial charge in [-0.3, -0.25) is 9.59 Å². The maximum atomic E-state index is 14.2. The molecule has 0 saturated carbocycles. The maximum absolute atomic E-state index is 14.2. The summed E-state index contributed by atoms with van der Waals surface area (Å²) in [6, 6.07) is 10.6. The average molecular weight is 460 g/mol. The molecule has 1 aliphatic carbocycles. The fourth-order valence-corrected chi connectivity index (χ4v) is 5.31. The highest BCUT2D eigenvalue weighted by atomic mass is 16.5. The van der Waals surface area contributed by atoms with Gasteiger partial charge in [0.2, 0.25) is 11.8 Å². The summed E-state index contributed by atoms with van der Waals surface area (Å²) in [5, 5.41) is 0. The maximum Gasteiger partial charge on any atom is 0.341 e. The smallest absolute Gasteiger partial charge is 0.341 e. The molecule has 1 aromatic heterocycles. The van der Waals surface area contributed by atoms with E-state index in [2.05, 4.69) is 6.58 Å². The van der Waals surface area contributed by atoms with Crippen molar-refractivity contribution in [2.45, 2.75) is 31.1 Å². The summed E-state index contributed by atoms with van der Waals surface area (Å²) < 4.78 is 16.7. The molecule has 174 valence electrons. The van der Waals surface area contributed by atoms with Crippen molar-refractivity contribution in [1.82, 2.24) is 0 Å². The fourth-order valence-electron chi connectivity index (χ4n) is 5.31. The molecule has 8 nitrogen and oxygen atoms in total. The Labute approximate surface area is 196 Å². The zero-order valence-electron chi connectivity index (χ0n) is 18.7. The van der Waals surface area contributed by atoms with Gasteiger partial charge in [-0.25, -0.2) is 4.79 Å². The van der Waals surface area contributed by atoms with Crippen molar-refractivity contribution in [2.24, 2.45) is 5.73 Å². The SMILES string of the molecule is C=CCN1C(=O)[C@]2(C(C(=O)OCC)=C(N)OC3=C2C(=O)C[C@@H](c2ccco2)C3)c2ccccc21. The minimum atomic E-state index is -1.76. The third-order valence-corrected chi connectivity index (χ3v) is 6.55. The van der Waals surface area contributed by atoms with Crippen LogP contribution in [0.3, 0.4) is 0 Å². The van der Waals surface area contributed by atoms with Crippen LogP contribution >= 0.6 is 0 Å². The van der Waals surface area contributed by atoms with Crippen LogP contribution in [0.25, 0.3) is 0 Å². The number of fused-ring (bicyclic) bond motifs is 3. The number of amides is 1. The molecule has 3 heterocycles. The van der Waals surface area contributed by atoms with Crippen LogP contribution in [0.15, 0.2) is 82.5 Å². The summed E-state index contributed by atoms with van der Waals surface area (Å²) in [7, 11) is 0. The van der Waals surface area contributed by atoms with E-state index in [0.29, 0.717) is 23.4 Å². The lowest BCUT2D eigenvalue weighted by Crippen LogP contribution is -2.51. The number of ketones is 1. The molecule has 0 radical (unpaired) electrons. The number of nitrogens with two attached hydrogens (primary N) is 1. The highest BCUT2D eigenvalue weighted by molar-refractivity contribution is 6.23. The summed E-state index contributed by atoms with van der Waals surface area (Å²) in [5.41, 5.74) is 5.61. The number of carbonyl (C=O) groups is 3. The average Bonchev–Trinajstić information content (AvgIpc) is 3.42. The standard InChI is InChI=1S/C26H24N2O6/c1-3-11-28-17-9-6-5-8-16(17)26(25(28)31)21-18(29)13-15(19-10-7-12-33-19)14-20(21)34-23(27)22(26)24(30)32-4-2/h3,5-10,12,15H,1,4,11,13-14,27H2,2H3/t15-,26-/m1/s1. The van der Waals surface area contributed by atoms with E-state index in [1.165, 1.54) is 4.90 Å². The van der Waals surface area contributed by atoms with Gasteiger partial charge < -0.3 is 24.5 Å². The van der Waals surface area contributed by atoms with Crippen LogP contribution in [0, 0.1) is 0 Å². The van der Waals surface area contributed by atoms with Crippen molar-refractivity contribution < 1.29 is 28.3 Å². The number of para-hydroxylation sites is 1. The van der Waals surface area contributed by atoms with Gasteiger partial charge in [-0.15, -0.1) is 6.58 Å². The van der Waals surface area contributed by atoms with Gasteiger partial charge in [0, 0.05) is 36.6 Å². The number of hydrogen-bond donors (Lipinski definition) is 1. The van der Waals surface area contributed by atoms with Crippen LogP contribution in [0.2, 0.25) is 0 Å². The van der Waals surface area contributed by atoms with Gasteiger partial charge in [0.25, 0.3) is 0 Å². The minimum absolute atomic E-state index is 0.0678.